The first-order chi connectivity index (χ1) is 12.1. The molecule has 0 spiro atoms. The molecule has 1 saturated carbocycles. The van der Waals surface area contributed by atoms with E-state index in [1.807, 2.05) is 12.1 Å². The molecule has 1 aliphatic heterocycles. The first-order valence-electron chi connectivity index (χ1n) is 8.97. The molecule has 0 amide bonds. The van der Waals surface area contributed by atoms with E-state index >= 15 is 0 Å². The van der Waals surface area contributed by atoms with E-state index in [1.165, 1.54) is 25.7 Å². The van der Waals surface area contributed by atoms with Crippen molar-refractivity contribution in [1.82, 2.24) is 15.1 Å². The molecule has 5 nitrogen and oxygen atoms in total. The van der Waals surface area contributed by atoms with Crippen LogP contribution in [-0.4, -0.2) is 54.4 Å². The molecule has 2 aliphatic rings. The second-order valence-electron chi connectivity index (χ2n) is 7.10. The number of nitrogens with zero attached hydrogens (tertiary/aromatic N) is 4. The molecule has 1 N–H and O–H groups in total. The molecule has 2 heterocycles. The summed E-state index contributed by atoms with van der Waals surface area (Å²) in [5.74, 6) is 1.72. The summed E-state index contributed by atoms with van der Waals surface area (Å²) in [5.41, 5.74) is 0. The third kappa shape index (κ3) is 3.50. The number of anilines is 2. The highest BCUT2D eigenvalue weighted by Crippen LogP contribution is 2.36. The molecule has 0 unspecified atom stereocenters. The summed E-state index contributed by atoms with van der Waals surface area (Å²) in [5, 5.41) is 15.8. The highest BCUT2D eigenvalue weighted by molar-refractivity contribution is 6.43. The summed E-state index contributed by atoms with van der Waals surface area (Å²) in [7, 11) is 2.15. The van der Waals surface area contributed by atoms with Crippen molar-refractivity contribution in [2.24, 2.45) is 0 Å². The number of likely N-dealkylation sites (N-methyl/N-ethyl adjacent to an activating group) is 1. The van der Waals surface area contributed by atoms with Crippen molar-refractivity contribution in [3.8, 4) is 0 Å². The summed E-state index contributed by atoms with van der Waals surface area (Å²) in [6, 6.07) is 4.33. The largest absolute Gasteiger partial charge is 0.365 e. The van der Waals surface area contributed by atoms with E-state index in [2.05, 4.69) is 32.4 Å². The van der Waals surface area contributed by atoms with Gasteiger partial charge in [0.05, 0.1) is 10.0 Å². The molecule has 25 heavy (non-hydrogen) atoms. The van der Waals surface area contributed by atoms with Gasteiger partial charge < -0.3 is 15.1 Å². The maximum absolute atomic E-state index is 6.32. The average molecular weight is 380 g/mol. The predicted molar refractivity (Wildman–Crippen MR) is 105 cm³/mol. The van der Waals surface area contributed by atoms with Gasteiger partial charge in [-0.15, -0.1) is 10.2 Å². The van der Waals surface area contributed by atoms with Crippen molar-refractivity contribution in [2.75, 3.05) is 43.4 Å². The number of halogens is 2. The van der Waals surface area contributed by atoms with Gasteiger partial charge in [-0.25, -0.2) is 0 Å². The minimum Gasteiger partial charge on any atom is -0.365 e. The van der Waals surface area contributed by atoms with E-state index in [0.717, 1.165) is 48.6 Å². The Labute approximate surface area is 158 Å². The van der Waals surface area contributed by atoms with Crippen molar-refractivity contribution in [3.63, 3.8) is 0 Å². The highest BCUT2D eigenvalue weighted by Gasteiger charge is 2.22. The molecule has 2 fully saturated rings. The molecule has 1 aromatic heterocycles. The lowest BCUT2D eigenvalue weighted by atomic mass is 10.1. The molecule has 1 saturated heterocycles. The van der Waals surface area contributed by atoms with Crippen LogP contribution in [0.2, 0.25) is 10.0 Å². The third-order valence-electron chi connectivity index (χ3n) is 5.30. The number of piperazine rings is 1. The van der Waals surface area contributed by atoms with Crippen LogP contribution in [0.4, 0.5) is 11.6 Å². The first-order valence-corrected chi connectivity index (χ1v) is 9.73. The zero-order valence-electron chi connectivity index (χ0n) is 14.4. The van der Waals surface area contributed by atoms with Crippen LogP contribution >= 0.6 is 23.2 Å². The SMILES string of the molecule is CN1CCN(c2nnc(NC3CCCC3)c3cc(Cl)c(Cl)cc23)CC1. The van der Waals surface area contributed by atoms with Gasteiger partial charge in [0.2, 0.25) is 0 Å². The van der Waals surface area contributed by atoms with Gasteiger partial charge in [0.1, 0.15) is 0 Å². The van der Waals surface area contributed by atoms with E-state index < -0.39 is 0 Å². The quantitative estimate of drug-likeness (QED) is 0.871. The van der Waals surface area contributed by atoms with Gasteiger partial charge in [-0.3, -0.25) is 0 Å². The van der Waals surface area contributed by atoms with Gasteiger partial charge >= 0.3 is 0 Å². The number of fused-ring (bicyclic) bond motifs is 1. The Balaban J connectivity index is 1.75. The second-order valence-corrected chi connectivity index (χ2v) is 7.91. The molecule has 1 aliphatic carbocycles. The Morgan fingerprint density at radius 3 is 2.28 bits per heavy atom. The number of rotatable bonds is 3. The maximum Gasteiger partial charge on any atom is 0.159 e. The zero-order chi connectivity index (χ0) is 17.4. The fraction of sp³-hybridized carbons (Fsp3) is 0.556. The number of aromatic nitrogens is 2. The minimum absolute atomic E-state index is 0.474. The number of nitrogens with one attached hydrogen (secondary N) is 1. The lowest BCUT2D eigenvalue weighted by Crippen LogP contribution is -2.45. The smallest absolute Gasteiger partial charge is 0.159 e. The van der Waals surface area contributed by atoms with Crippen LogP contribution in [-0.2, 0) is 0 Å². The Hall–Kier alpha value is -1.30. The van der Waals surface area contributed by atoms with E-state index in [1.54, 1.807) is 0 Å². The molecular formula is C18H23Cl2N5. The van der Waals surface area contributed by atoms with Gasteiger partial charge in [-0.2, -0.15) is 0 Å². The summed E-state index contributed by atoms with van der Waals surface area (Å²) < 4.78 is 0. The van der Waals surface area contributed by atoms with Crippen molar-refractivity contribution < 1.29 is 0 Å². The van der Waals surface area contributed by atoms with Crippen molar-refractivity contribution >= 4 is 45.6 Å². The average Bonchev–Trinajstić information content (AvgIpc) is 3.11. The molecular weight excluding hydrogens is 357 g/mol. The fourth-order valence-corrected chi connectivity index (χ4v) is 4.08. The first kappa shape index (κ1) is 17.1. The lowest BCUT2D eigenvalue weighted by molar-refractivity contribution is 0.312. The van der Waals surface area contributed by atoms with Gasteiger partial charge in [-0.1, -0.05) is 36.0 Å². The van der Waals surface area contributed by atoms with Crippen molar-refractivity contribution in [2.45, 2.75) is 31.7 Å². The zero-order valence-corrected chi connectivity index (χ0v) is 15.9. The van der Waals surface area contributed by atoms with E-state index in [0.29, 0.717) is 16.1 Å². The normalized spacial score (nSPS) is 19.7. The van der Waals surface area contributed by atoms with E-state index in [9.17, 15) is 0 Å². The molecule has 7 heteroatoms. The van der Waals surface area contributed by atoms with Gasteiger partial charge in [0, 0.05) is 43.0 Å². The van der Waals surface area contributed by atoms with Crippen LogP contribution in [0.3, 0.4) is 0 Å². The summed E-state index contributed by atoms with van der Waals surface area (Å²) in [4.78, 5) is 4.62. The molecule has 1 aromatic carbocycles. The summed E-state index contributed by atoms with van der Waals surface area (Å²) in [6.45, 7) is 3.92. The number of benzene rings is 1. The second kappa shape index (κ2) is 7.14. The molecule has 134 valence electrons. The van der Waals surface area contributed by atoms with Crippen LogP contribution in [0.1, 0.15) is 25.7 Å². The Bertz CT molecular complexity index is 768. The molecule has 0 atom stereocenters. The predicted octanol–water partition coefficient (Wildman–Crippen LogP) is 4.04. The monoisotopic (exact) mass is 379 g/mol. The number of hydrogen-bond acceptors (Lipinski definition) is 5. The Morgan fingerprint density at radius 1 is 0.960 bits per heavy atom. The van der Waals surface area contributed by atoms with E-state index in [4.69, 9.17) is 23.2 Å². The van der Waals surface area contributed by atoms with Crippen LogP contribution in [0, 0.1) is 0 Å². The molecule has 2 aromatic rings. The molecule has 0 bridgehead atoms. The lowest BCUT2D eigenvalue weighted by Gasteiger charge is -2.33. The van der Waals surface area contributed by atoms with Crippen LogP contribution in [0.5, 0.6) is 0 Å². The third-order valence-corrected chi connectivity index (χ3v) is 6.02. The topological polar surface area (TPSA) is 44.3 Å². The van der Waals surface area contributed by atoms with Crippen molar-refractivity contribution in [1.29, 1.82) is 0 Å². The highest BCUT2D eigenvalue weighted by atomic mass is 35.5. The van der Waals surface area contributed by atoms with Crippen LogP contribution in [0.15, 0.2) is 12.1 Å². The molecule has 0 radical (unpaired) electrons. The molecule has 4 rings (SSSR count). The van der Waals surface area contributed by atoms with Crippen LogP contribution < -0.4 is 10.2 Å². The minimum atomic E-state index is 0.474. The fourth-order valence-electron chi connectivity index (χ4n) is 3.75. The summed E-state index contributed by atoms with van der Waals surface area (Å²) in [6.07, 6.45) is 4.92. The van der Waals surface area contributed by atoms with Gasteiger partial charge in [0.25, 0.3) is 0 Å². The Morgan fingerprint density at radius 2 is 1.60 bits per heavy atom. The van der Waals surface area contributed by atoms with Gasteiger partial charge in [-0.05, 0) is 32.0 Å². The Kier molecular flexibility index (Phi) is 4.89. The summed E-state index contributed by atoms with van der Waals surface area (Å²) >= 11 is 12.6. The standard InChI is InChI=1S/C18H23Cl2N5/c1-24-6-8-25(9-7-24)18-14-11-16(20)15(19)10-13(14)17(22-23-18)21-12-4-2-3-5-12/h10-12H,2-9H2,1H3,(H,21,22). The van der Waals surface area contributed by atoms with Gasteiger partial charge in [0.15, 0.2) is 11.6 Å². The maximum atomic E-state index is 6.32. The number of hydrogen-bond donors (Lipinski definition) is 1. The van der Waals surface area contributed by atoms with Crippen molar-refractivity contribution in [3.05, 3.63) is 22.2 Å². The van der Waals surface area contributed by atoms with E-state index in [-0.39, 0.29) is 0 Å². The van der Waals surface area contributed by atoms with Crippen LogP contribution in [0.25, 0.3) is 10.8 Å².